The number of benzene rings is 1. The summed E-state index contributed by atoms with van der Waals surface area (Å²) in [5.74, 6) is 0.0304. The van der Waals surface area contributed by atoms with Gasteiger partial charge in [0.2, 0.25) is 5.88 Å². The Morgan fingerprint density at radius 3 is 2.55 bits per heavy atom. The number of hydrogen-bond acceptors (Lipinski definition) is 5. The average molecular weight is 410 g/mol. The van der Waals surface area contributed by atoms with Crippen LogP contribution in [0, 0.1) is 0 Å². The van der Waals surface area contributed by atoms with Gasteiger partial charge in [0.05, 0.1) is 5.69 Å². The highest BCUT2D eigenvalue weighted by Gasteiger charge is 2.29. The van der Waals surface area contributed by atoms with Gasteiger partial charge in [-0.2, -0.15) is 13.2 Å². The summed E-state index contributed by atoms with van der Waals surface area (Å²) in [6.07, 6.45) is -3.14. The minimum Gasteiger partial charge on any atom is -0.506 e. The summed E-state index contributed by atoms with van der Waals surface area (Å²) in [4.78, 5) is 19.8. The Morgan fingerprint density at radius 1 is 1.14 bits per heavy atom. The van der Waals surface area contributed by atoms with Crippen LogP contribution in [0.1, 0.15) is 5.56 Å². The summed E-state index contributed by atoms with van der Waals surface area (Å²) in [7, 11) is 0. The summed E-state index contributed by atoms with van der Waals surface area (Å²) in [5, 5.41) is 12.6. The molecule has 1 aromatic carbocycles. The fourth-order valence-corrected chi connectivity index (χ4v) is 3.00. The maximum atomic E-state index is 12.4. The predicted molar refractivity (Wildman–Crippen MR) is 99.9 cm³/mol. The van der Waals surface area contributed by atoms with Crippen molar-refractivity contribution in [2.75, 3.05) is 37.7 Å². The molecule has 1 fully saturated rings. The van der Waals surface area contributed by atoms with Crippen molar-refractivity contribution in [3.63, 3.8) is 0 Å². The molecule has 1 aliphatic heterocycles. The molecule has 0 unspecified atom stereocenters. The van der Waals surface area contributed by atoms with Crippen LogP contribution in [0.5, 0.6) is 11.6 Å². The molecule has 1 saturated heterocycles. The molecule has 2 heterocycles. The molecule has 7 nitrogen and oxygen atoms in total. The topological polar surface area (TPSA) is 77.9 Å². The number of nitrogens with zero attached hydrogens (tertiary/aromatic N) is 3. The molecule has 3 rings (SSSR count). The maximum Gasteiger partial charge on any atom is 0.422 e. The number of alkyl halides is 3. The number of hydrogen-bond donors (Lipinski definition) is 2. The van der Waals surface area contributed by atoms with Crippen molar-refractivity contribution in [3.05, 3.63) is 48.2 Å². The van der Waals surface area contributed by atoms with Gasteiger partial charge in [0, 0.05) is 44.5 Å². The van der Waals surface area contributed by atoms with E-state index in [4.69, 9.17) is 4.74 Å². The third kappa shape index (κ3) is 5.66. The number of rotatable bonds is 5. The molecule has 0 saturated carbocycles. The molecule has 0 spiro atoms. The monoisotopic (exact) mass is 410 g/mol. The number of piperazine rings is 1. The maximum absolute atomic E-state index is 12.4. The second-order valence-electron chi connectivity index (χ2n) is 6.49. The Kier molecular flexibility index (Phi) is 6.30. The van der Waals surface area contributed by atoms with E-state index in [1.807, 2.05) is 17.0 Å². The van der Waals surface area contributed by atoms with Crippen LogP contribution in [0.15, 0.2) is 42.6 Å². The number of pyridine rings is 1. The van der Waals surface area contributed by atoms with Crippen LogP contribution >= 0.6 is 0 Å². The molecule has 0 atom stereocenters. The summed E-state index contributed by atoms with van der Waals surface area (Å²) < 4.78 is 41.8. The van der Waals surface area contributed by atoms with Crippen molar-refractivity contribution in [2.24, 2.45) is 0 Å². The number of aromatic nitrogens is 1. The van der Waals surface area contributed by atoms with Crippen LogP contribution in [0.25, 0.3) is 0 Å². The first kappa shape index (κ1) is 20.6. The number of phenols is 1. The Bertz CT molecular complexity index is 839. The van der Waals surface area contributed by atoms with Crippen LogP contribution < -0.4 is 15.0 Å². The molecule has 2 N–H and O–H groups in total. The van der Waals surface area contributed by atoms with E-state index in [-0.39, 0.29) is 24.2 Å². The van der Waals surface area contributed by atoms with Gasteiger partial charge < -0.3 is 25.0 Å². The van der Waals surface area contributed by atoms with Gasteiger partial charge in [-0.05, 0) is 18.2 Å². The third-order valence-corrected chi connectivity index (χ3v) is 4.44. The standard InChI is InChI=1S/C19H21F3N4O3/c20-19(21,22)13-29-17-14(4-3-7-23-17)12-24-18(28)26-10-8-25(9-11-26)15-5-1-2-6-16(15)27/h1-7,27H,8-13H2,(H,24,28). The second kappa shape index (κ2) is 8.89. The molecule has 1 aromatic heterocycles. The zero-order chi connectivity index (χ0) is 20.9. The number of nitrogens with one attached hydrogen (secondary N) is 1. The van der Waals surface area contributed by atoms with Crippen LogP contribution in [0.4, 0.5) is 23.7 Å². The van der Waals surface area contributed by atoms with E-state index in [0.29, 0.717) is 31.7 Å². The average Bonchev–Trinajstić information content (AvgIpc) is 2.71. The predicted octanol–water partition coefficient (Wildman–Crippen LogP) is 2.76. The summed E-state index contributed by atoms with van der Waals surface area (Å²) >= 11 is 0. The van der Waals surface area contributed by atoms with Crippen molar-refractivity contribution in [1.29, 1.82) is 0 Å². The lowest BCUT2D eigenvalue weighted by Crippen LogP contribution is -2.51. The fourth-order valence-electron chi connectivity index (χ4n) is 3.00. The first-order valence-electron chi connectivity index (χ1n) is 9.02. The highest BCUT2D eigenvalue weighted by Crippen LogP contribution is 2.27. The lowest BCUT2D eigenvalue weighted by Gasteiger charge is -2.36. The first-order valence-corrected chi connectivity index (χ1v) is 9.02. The van der Waals surface area contributed by atoms with E-state index in [0.717, 1.165) is 5.69 Å². The molecule has 29 heavy (non-hydrogen) atoms. The van der Waals surface area contributed by atoms with Gasteiger partial charge in [-0.15, -0.1) is 0 Å². The van der Waals surface area contributed by atoms with Crippen LogP contribution in [0.3, 0.4) is 0 Å². The lowest BCUT2D eigenvalue weighted by atomic mass is 10.2. The molecule has 2 aromatic rings. The number of carbonyl (C=O) groups excluding carboxylic acids is 1. The normalized spacial score (nSPS) is 14.6. The number of phenolic OH excluding ortho intramolecular Hbond substituents is 1. The molecule has 156 valence electrons. The highest BCUT2D eigenvalue weighted by molar-refractivity contribution is 5.74. The van der Waals surface area contributed by atoms with Crippen LogP contribution in [0.2, 0.25) is 0 Å². The summed E-state index contributed by atoms with van der Waals surface area (Å²) in [5.41, 5.74) is 1.08. The minimum atomic E-state index is -4.47. The van der Waals surface area contributed by atoms with Crippen LogP contribution in [-0.4, -0.2) is 60.0 Å². The number of halogens is 3. The van der Waals surface area contributed by atoms with Gasteiger partial charge >= 0.3 is 12.2 Å². The number of ether oxygens (including phenoxy) is 1. The van der Waals surface area contributed by atoms with Crippen molar-refractivity contribution >= 4 is 11.7 Å². The Labute approximate surface area is 165 Å². The molecular formula is C19H21F3N4O3. The SMILES string of the molecule is O=C(NCc1cccnc1OCC(F)(F)F)N1CCN(c2ccccc2O)CC1. The van der Waals surface area contributed by atoms with Crippen molar-refractivity contribution < 1.29 is 27.8 Å². The highest BCUT2D eigenvalue weighted by atomic mass is 19.4. The lowest BCUT2D eigenvalue weighted by molar-refractivity contribution is -0.154. The van der Waals surface area contributed by atoms with Gasteiger partial charge in [-0.25, -0.2) is 9.78 Å². The first-order chi connectivity index (χ1) is 13.8. The zero-order valence-corrected chi connectivity index (χ0v) is 15.5. The molecule has 2 amide bonds. The minimum absolute atomic E-state index is 0.000445. The van der Waals surface area contributed by atoms with E-state index in [2.05, 4.69) is 10.3 Å². The van der Waals surface area contributed by atoms with Gasteiger partial charge in [-0.1, -0.05) is 18.2 Å². The largest absolute Gasteiger partial charge is 0.506 e. The third-order valence-electron chi connectivity index (χ3n) is 4.44. The van der Waals surface area contributed by atoms with E-state index < -0.39 is 12.8 Å². The number of urea groups is 1. The molecule has 0 aliphatic carbocycles. The van der Waals surface area contributed by atoms with Crippen LogP contribution in [-0.2, 0) is 6.54 Å². The van der Waals surface area contributed by atoms with Gasteiger partial charge in [0.25, 0.3) is 0 Å². The smallest absolute Gasteiger partial charge is 0.422 e. The fraction of sp³-hybridized carbons (Fsp3) is 0.368. The molecule has 10 heteroatoms. The van der Waals surface area contributed by atoms with Crippen molar-refractivity contribution in [1.82, 2.24) is 15.2 Å². The van der Waals surface area contributed by atoms with Crippen molar-refractivity contribution in [3.8, 4) is 11.6 Å². The number of para-hydroxylation sites is 2. The van der Waals surface area contributed by atoms with Gasteiger partial charge in [-0.3, -0.25) is 0 Å². The zero-order valence-electron chi connectivity index (χ0n) is 15.5. The molecule has 0 radical (unpaired) electrons. The van der Waals surface area contributed by atoms with Gasteiger partial charge in [0.1, 0.15) is 5.75 Å². The number of amides is 2. The van der Waals surface area contributed by atoms with Gasteiger partial charge in [0.15, 0.2) is 6.61 Å². The quantitative estimate of drug-likeness (QED) is 0.793. The Hall–Kier alpha value is -3.17. The molecule has 1 aliphatic rings. The van der Waals surface area contributed by atoms with E-state index >= 15 is 0 Å². The van der Waals surface area contributed by atoms with E-state index in [1.54, 1.807) is 29.2 Å². The Morgan fingerprint density at radius 2 is 1.86 bits per heavy atom. The number of aromatic hydroxyl groups is 1. The molecule has 0 bridgehead atoms. The van der Waals surface area contributed by atoms with Crippen molar-refractivity contribution in [2.45, 2.75) is 12.7 Å². The summed E-state index contributed by atoms with van der Waals surface area (Å²) in [6, 6.07) is 9.79. The van der Waals surface area contributed by atoms with E-state index in [9.17, 15) is 23.1 Å². The summed E-state index contributed by atoms with van der Waals surface area (Å²) in [6.45, 7) is 0.559. The van der Waals surface area contributed by atoms with E-state index in [1.165, 1.54) is 6.20 Å². The Balaban J connectivity index is 1.51. The molecular weight excluding hydrogens is 389 g/mol. The number of anilines is 1. The second-order valence-corrected chi connectivity index (χ2v) is 6.49. The number of carbonyl (C=O) groups is 1.